The molecular formula is C20H18FN3O3. The molecule has 3 aromatic rings. The first-order valence-corrected chi connectivity index (χ1v) is 8.95. The van der Waals surface area contributed by atoms with E-state index < -0.39 is 0 Å². The molecule has 2 aromatic carbocycles. The normalized spacial score (nSPS) is 18.9. The van der Waals surface area contributed by atoms with Crippen LogP contribution in [0, 0.1) is 5.82 Å². The van der Waals surface area contributed by atoms with Crippen LogP contribution in [0.25, 0.3) is 11.5 Å². The number of hydrogen-bond donors (Lipinski definition) is 0. The third kappa shape index (κ3) is 3.14. The third-order valence-electron chi connectivity index (χ3n) is 5.01. The van der Waals surface area contributed by atoms with Crippen LogP contribution in [0.3, 0.4) is 0 Å². The summed E-state index contributed by atoms with van der Waals surface area (Å²) in [5.74, 6) is 2.20. The molecule has 0 spiro atoms. The topological polar surface area (TPSA) is 60.6 Å². The summed E-state index contributed by atoms with van der Waals surface area (Å²) in [6.07, 6.45) is 0.934. The van der Waals surface area contributed by atoms with Crippen LogP contribution in [-0.4, -0.2) is 35.0 Å². The first-order valence-electron chi connectivity index (χ1n) is 8.95. The summed E-state index contributed by atoms with van der Waals surface area (Å²) >= 11 is 0. The number of hydrogen-bond acceptors (Lipinski definition) is 6. The Labute approximate surface area is 155 Å². The molecule has 3 heterocycles. The lowest BCUT2D eigenvalue weighted by Gasteiger charge is -2.15. The monoisotopic (exact) mass is 367 g/mol. The highest BCUT2D eigenvalue weighted by Crippen LogP contribution is 2.34. The number of halogens is 1. The van der Waals surface area contributed by atoms with Crippen LogP contribution in [0.2, 0.25) is 0 Å². The summed E-state index contributed by atoms with van der Waals surface area (Å²) in [6.45, 7) is 2.87. The van der Waals surface area contributed by atoms with E-state index in [9.17, 15) is 4.39 Å². The molecule has 0 aliphatic carbocycles. The van der Waals surface area contributed by atoms with Gasteiger partial charge in [0.1, 0.15) is 5.82 Å². The van der Waals surface area contributed by atoms with Gasteiger partial charge in [0.05, 0.1) is 11.5 Å². The van der Waals surface area contributed by atoms with E-state index in [2.05, 4.69) is 21.2 Å². The van der Waals surface area contributed by atoms with E-state index in [0.29, 0.717) is 11.5 Å². The summed E-state index contributed by atoms with van der Waals surface area (Å²) in [7, 11) is 0. The molecule has 0 radical (unpaired) electrons. The van der Waals surface area contributed by atoms with Crippen molar-refractivity contribution in [3.05, 3.63) is 59.7 Å². The second-order valence-electron chi connectivity index (χ2n) is 6.83. The Balaban J connectivity index is 1.27. The van der Waals surface area contributed by atoms with Gasteiger partial charge < -0.3 is 13.9 Å². The van der Waals surface area contributed by atoms with Gasteiger partial charge in [-0.15, -0.1) is 10.2 Å². The molecule has 0 bridgehead atoms. The van der Waals surface area contributed by atoms with Crippen LogP contribution in [0.1, 0.15) is 23.8 Å². The van der Waals surface area contributed by atoms with E-state index in [1.54, 1.807) is 18.2 Å². The van der Waals surface area contributed by atoms with Gasteiger partial charge in [-0.25, -0.2) is 4.39 Å². The zero-order valence-corrected chi connectivity index (χ0v) is 14.6. The minimum Gasteiger partial charge on any atom is -0.454 e. The smallest absolute Gasteiger partial charge is 0.250 e. The average Bonchev–Trinajstić information content (AvgIpc) is 3.42. The maximum atomic E-state index is 13.9. The van der Waals surface area contributed by atoms with Crippen molar-refractivity contribution in [2.75, 3.05) is 19.9 Å². The maximum Gasteiger partial charge on any atom is 0.250 e. The molecule has 0 saturated carbocycles. The molecule has 1 aromatic heterocycles. The highest BCUT2D eigenvalue weighted by Gasteiger charge is 2.29. The summed E-state index contributed by atoms with van der Waals surface area (Å²) in [4.78, 5) is 2.34. The minimum atomic E-state index is -0.358. The number of aromatic nitrogens is 2. The van der Waals surface area contributed by atoms with Crippen molar-refractivity contribution < 1.29 is 18.3 Å². The zero-order chi connectivity index (χ0) is 18.2. The lowest BCUT2D eigenvalue weighted by Crippen LogP contribution is -2.19. The summed E-state index contributed by atoms with van der Waals surface area (Å²) in [5.41, 5.74) is 1.52. The predicted molar refractivity (Wildman–Crippen MR) is 94.9 cm³/mol. The van der Waals surface area contributed by atoms with E-state index in [-0.39, 0.29) is 24.4 Å². The predicted octanol–water partition coefficient (Wildman–Crippen LogP) is 3.59. The van der Waals surface area contributed by atoms with Crippen molar-refractivity contribution in [2.45, 2.75) is 18.9 Å². The van der Waals surface area contributed by atoms with E-state index in [4.69, 9.17) is 13.9 Å². The molecule has 1 atom stereocenters. The Morgan fingerprint density at radius 3 is 2.89 bits per heavy atom. The van der Waals surface area contributed by atoms with E-state index in [1.165, 1.54) is 11.6 Å². The zero-order valence-electron chi connectivity index (χ0n) is 14.6. The highest BCUT2D eigenvalue weighted by atomic mass is 19.1. The number of rotatable bonds is 4. The van der Waals surface area contributed by atoms with Crippen LogP contribution >= 0.6 is 0 Å². The molecular weight excluding hydrogens is 349 g/mol. The standard InChI is InChI=1S/C20H18FN3O3/c21-16-4-2-1-3-15(16)20-23-22-19(27-20)14-7-8-24(11-14)10-13-5-6-17-18(9-13)26-12-25-17/h1-6,9,14H,7-8,10-12H2. The highest BCUT2D eigenvalue weighted by molar-refractivity contribution is 5.53. The van der Waals surface area contributed by atoms with Gasteiger partial charge in [-0.1, -0.05) is 18.2 Å². The van der Waals surface area contributed by atoms with Crippen molar-refractivity contribution in [1.29, 1.82) is 0 Å². The fourth-order valence-electron chi connectivity index (χ4n) is 3.62. The first kappa shape index (κ1) is 16.3. The molecule has 1 unspecified atom stereocenters. The minimum absolute atomic E-state index is 0.159. The molecule has 5 rings (SSSR count). The molecule has 27 heavy (non-hydrogen) atoms. The van der Waals surface area contributed by atoms with Gasteiger partial charge in [0.2, 0.25) is 12.7 Å². The molecule has 7 heteroatoms. The summed E-state index contributed by atoms with van der Waals surface area (Å²) in [5, 5.41) is 8.19. The largest absolute Gasteiger partial charge is 0.454 e. The van der Waals surface area contributed by atoms with Crippen molar-refractivity contribution in [1.82, 2.24) is 15.1 Å². The number of fused-ring (bicyclic) bond motifs is 1. The lowest BCUT2D eigenvalue weighted by atomic mass is 10.1. The van der Waals surface area contributed by atoms with Gasteiger partial charge >= 0.3 is 0 Å². The van der Waals surface area contributed by atoms with E-state index >= 15 is 0 Å². The Kier molecular flexibility index (Phi) is 4.01. The van der Waals surface area contributed by atoms with Gasteiger partial charge in [-0.2, -0.15) is 0 Å². The quantitative estimate of drug-likeness (QED) is 0.702. The fraction of sp³-hybridized carbons (Fsp3) is 0.300. The molecule has 0 N–H and O–H groups in total. The molecule has 2 aliphatic heterocycles. The van der Waals surface area contributed by atoms with Gasteiger partial charge in [-0.3, -0.25) is 4.90 Å². The third-order valence-corrected chi connectivity index (χ3v) is 5.01. The average molecular weight is 367 g/mol. The number of benzene rings is 2. The second-order valence-corrected chi connectivity index (χ2v) is 6.83. The Hall–Kier alpha value is -2.93. The van der Waals surface area contributed by atoms with Crippen molar-refractivity contribution >= 4 is 0 Å². The lowest BCUT2D eigenvalue weighted by molar-refractivity contribution is 0.174. The molecule has 1 saturated heterocycles. The van der Waals surface area contributed by atoms with Gasteiger partial charge in [-0.05, 0) is 42.8 Å². The van der Waals surface area contributed by atoms with Crippen LogP contribution in [-0.2, 0) is 6.54 Å². The molecule has 138 valence electrons. The van der Waals surface area contributed by atoms with Crippen molar-refractivity contribution in [3.8, 4) is 23.0 Å². The molecule has 6 nitrogen and oxygen atoms in total. The van der Waals surface area contributed by atoms with Gasteiger partial charge in [0.25, 0.3) is 5.89 Å². The Bertz CT molecular complexity index is 975. The maximum absolute atomic E-state index is 13.9. The SMILES string of the molecule is Fc1ccccc1-c1nnc(C2CCN(Cc3ccc4c(c3)OCO4)C2)o1. The van der Waals surface area contributed by atoms with Crippen LogP contribution < -0.4 is 9.47 Å². The fourth-order valence-corrected chi connectivity index (χ4v) is 3.62. The Morgan fingerprint density at radius 2 is 1.96 bits per heavy atom. The molecule has 0 amide bonds. The first-order chi connectivity index (χ1) is 13.3. The van der Waals surface area contributed by atoms with E-state index in [0.717, 1.165) is 37.6 Å². The number of ether oxygens (including phenoxy) is 2. The second kappa shape index (κ2) is 6.66. The summed E-state index contributed by atoms with van der Waals surface area (Å²) in [6, 6.07) is 12.5. The molecule has 2 aliphatic rings. The Morgan fingerprint density at radius 1 is 1.07 bits per heavy atom. The van der Waals surface area contributed by atoms with Gasteiger partial charge in [0.15, 0.2) is 11.5 Å². The van der Waals surface area contributed by atoms with Crippen molar-refractivity contribution in [3.63, 3.8) is 0 Å². The van der Waals surface area contributed by atoms with Crippen LogP contribution in [0.15, 0.2) is 46.9 Å². The van der Waals surface area contributed by atoms with Crippen molar-refractivity contribution in [2.24, 2.45) is 0 Å². The van der Waals surface area contributed by atoms with E-state index in [1.807, 2.05) is 12.1 Å². The molecule has 1 fully saturated rings. The number of likely N-dealkylation sites (tertiary alicyclic amines) is 1. The van der Waals surface area contributed by atoms with Crippen LogP contribution in [0.4, 0.5) is 4.39 Å². The van der Waals surface area contributed by atoms with Crippen LogP contribution in [0.5, 0.6) is 11.5 Å². The number of nitrogens with zero attached hydrogens (tertiary/aromatic N) is 3. The van der Waals surface area contributed by atoms with Gasteiger partial charge in [0, 0.05) is 13.1 Å². The summed E-state index contributed by atoms with van der Waals surface area (Å²) < 4.78 is 30.5.